The molecule has 0 unspecified atom stereocenters. The summed E-state index contributed by atoms with van der Waals surface area (Å²) in [6.45, 7) is 10.5. The van der Waals surface area contributed by atoms with E-state index in [4.69, 9.17) is 0 Å². The molecule has 0 aromatic heterocycles. The molecule has 15 heavy (non-hydrogen) atoms. The first-order valence-corrected chi connectivity index (χ1v) is 6.72. The molecule has 90 valence electrons. The molecule has 0 spiro atoms. The summed E-state index contributed by atoms with van der Waals surface area (Å²) in [5.41, 5.74) is 0.472. The van der Waals surface area contributed by atoms with Crippen LogP contribution in [0.5, 0.6) is 0 Å². The second-order valence-corrected chi connectivity index (χ2v) is 6.45. The van der Waals surface area contributed by atoms with Gasteiger partial charge in [-0.15, -0.1) is 0 Å². The van der Waals surface area contributed by atoms with Crippen LogP contribution in [0.4, 0.5) is 0 Å². The highest BCUT2D eigenvalue weighted by Crippen LogP contribution is 2.26. The molecule has 0 heterocycles. The SMILES string of the molecule is C[C@@H](NCCC(C)(C)C)C1CCCCC1. The summed E-state index contributed by atoms with van der Waals surface area (Å²) < 4.78 is 0. The predicted octanol–water partition coefficient (Wildman–Crippen LogP) is 3.98. The maximum absolute atomic E-state index is 3.71. The van der Waals surface area contributed by atoms with Crippen molar-refractivity contribution in [3.05, 3.63) is 0 Å². The fourth-order valence-corrected chi connectivity index (χ4v) is 2.48. The van der Waals surface area contributed by atoms with Gasteiger partial charge in [-0.25, -0.2) is 0 Å². The third kappa shape index (κ3) is 5.55. The van der Waals surface area contributed by atoms with E-state index in [1.807, 2.05) is 0 Å². The Labute approximate surface area is 96.0 Å². The largest absolute Gasteiger partial charge is 0.314 e. The molecule has 0 saturated heterocycles. The molecule has 0 aromatic carbocycles. The van der Waals surface area contributed by atoms with Crippen LogP contribution in [0.2, 0.25) is 0 Å². The average molecular weight is 211 g/mol. The van der Waals surface area contributed by atoms with Gasteiger partial charge in [-0.2, -0.15) is 0 Å². The van der Waals surface area contributed by atoms with Gasteiger partial charge >= 0.3 is 0 Å². The molecule has 0 amide bonds. The topological polar surface area (TPSA) is 12.0 Å². The van der Waals surface area contributed by atoms with Crippen LogP contribution in [0.15, 0.2) is 0 Å². The first-order chi connectivity index (χ1) is 6.99. The van der Waals surface area contributed by atoms with Crippen LogP contribution in [-0.4, -0.2) is 12.6 Å². The Bertz CT molecular complexity index is 163. The van der Waals surface area contributed by atoms with Gasteiger partial charge in [-0.05, 0) is 44.1 Å². The quantitative estimate of drug-likeness (QED) is 0.741. The Kier molecular flexibility index (Phi) is 5.11. The Morgan fingerprint density at radius 3 is 2.27 bits per heavy atom. The van der Waals surface area contributed by atoms with Gasteiger partial charge in [0.25, 0.3) is 0 Å². The van der Waals surface area contributed by atoms with Crippen molar-refractivity contribution in [3.63, 3.8) is 0 Å². The molecule has 0 radical (unpaired) electrons. The summed E-state index contributed by atoms with van der Waals surface area (Å²) in [5, 5.41) is 3.71. The van der Waals surface area contributed by atoms with Crippen molar-refractivity contribution >= 4 is 0 Å². The zero-order chi connectivity index (χ0) is 11.3. The fourth-order valence-electron chi connectivity index (χ4n) is 2.48. The summed E-state index contributed by atoms with van der Waals surface area (Å²) in [7, 11) is 0. The van der Waals surface area contributed by atoms with Gasteiger partial charge in [0.2, 0.25) is 0 Å². The second-order valence-electron chi connectivity index (χ2n) is 6.45. The van der Waals surface area contributed by atoms with Crippen molar-refractivity contribution in [2.45, 2.75) is 72.3 Å². The van der Waals surface area contributed by atoms with Gasteiger partial charge in [0.05, 0.1) is 0 Å². The smallest absolute Gasteiger partial charge is 0.00670 e. The van der Waals surface area contributed by atoms with Crippen LogP contribution in [0.3, 0.4) is 0 Å². The van der Waals surface area contributed by atoms with Gasteiger partial charge in [0, 0.05) is 6.04 Å². The fraction of sp³-hybridized carbons (Fsp3) is 1.00. The van der Waals surface area contributed by atoms with Crippen LogP contribution < -0.4 is 5.32 Å². The van der Waals surface area contributed by atoms with E-state index in [1.165, 1.54) is 45.1 Å². The lowest BCUT2D eigenvalue weighted by Crippen LogP contribution is -2.36. The highest BCUT2D eigenvalue weighted by molar-refractivity contribution is 4.76. The monoisotopic (exact) mass is 211 g/mol. The third-order valence-electron chi connectivity index (χ3n) is 3.70. The van der Waals surface area contributed by atoms with E-state index < -0.39 is 0 Å². The molecule has 1 heteroatoms. The molecule has 1 rings (SSSR count). The van der Waals surface area contributed by atoms with Gasteiger partial charge in [-0.3, -0.25) is 0 Å². The Hall–Kier alpha value is -0.0400. The van der Waals surface area contributed by atoms with E-state index in [9.17, 15) is 0 Å². The summed E-state index contributed by atoms with van der Waals surface area (Å²) in [4.78, 5) is 0. The van der Waals surface area contributed by atoms with Gasteiger partial charge in [0.1, 0.15) is 0 Å². The minimum Gasteiger partial charge on any atom is -0.314 e. The van der Waals surface area contributed by atoms with Crippen LogP contribution in [0.25, 0.3) is 0 Å². The highest BCUT2D eigenvalue weighted by atomic mass is 14.9. The van der Waals surface area contributed by atoms with Crippen molar-refractivity contribution in [3.8, 4) is 0 Å². The van der Waals surface area contributed by atoms with Crippen molar-refractivity contribution in [2.75, 3.05) is 6.54 Å². The molecule has 0 aliphatic heterocycles. The molecule has 1 aliphatic carbocycles. The molecular formula is C14H29N. The van der Waals surface area contributed by atoms with Crippen molar-refractivity contribution < 1.29 is 0 Å². The van der Waals surface area contributed by atoms with E-state index in [-0.39, 0.29) is 0 Å². The number of rotatable bonds is 4. The lowest BCUT2D eigenvalue weighted by molar-refractivity contribution is 0.268. The molecule has 1 saturated carbocycles. The molecule has 0 aromatic rings. The van der Waals surface area contributed by atoms with Crippen LogP contribution in [-0.2, 0) is 0 Å². The predicted molar refractivity (Wildman–Crippen MR) is 68.1 cm³/mol. The average Bonchev–Trinajstić information content (AvgIpc) is 2.17. The third-order valence-corrected chi connectivity index (χ3v) is 3.70. The lowest BCUT2D eigenvalue weighted by atomic mass is 9.84. The second kappa shape index (κ2) is 5.89. The molecule has 1 nitrogen and oxygen atoms in total. The molecule has 1 aliphatic rings. The summed E-state index contributed by atoms with van der Waals surface area (Å²) in [6.07, 6.45) is 8.55. The van der Waals surface area contributed by atoms with Crippen LogP contribution >= 0.6 is 0 Å². The van der Waals surface area contributed by atoms with Crippen molar-refractivity contribution in [1.82, 2.24) is 5.32 Å². The molecular weight excluding hydrogens is 182 g/mol. The lowest BCUT2D eigenvalue weighted by Gasteiger charge is -2.29. The van der Waals surface area contributed by atoms with Crippen molar-refractivity contribution in [2.24, 2.45) is 11.3 Å². The van der Waals surface area contributed by atoms with Crippen LogP contribution in [0, 0.1) is 11.3 Å². The zero-order valence-electron chi connectivity index (χ0n) is 11.1. The number of hydrogen-bond acceptors (Lipinski definition) is 1. The molecule has 0 bridgehead atoms. The highest BCUT2D eigenvalue weighted by Gasteiger charge is 2.19. The normalized spacial score (nSPS) is 21.6. The Morgan fingerprint density at radius 1 is 1.13 bits per heavy atom. The van der Waals surface area contributed by atoms with Gasteiger partial charge in [0.15, 0.2) is 0 Å². The summed E-state index contributed by atoms with van der Waals surface area (Å²) in [5.74, 6) is 0.943. The summed E-state index contributed by atoms with van der Waals surface area (Å²) >= 11 is 0. The van der Waals surface area contributed by atoms with E-state index in [0.29, 0.717) is 5.41 Å². The molecule has 1 fully saturated rings. The van der Waals surface area contributed by atoms with Gasteiger partial charge < -0.3 is 5.32 Å². The number of hydrogen-bond donors (Lipinski definition) is 1. The summed E-state index contributed by atoms with van der Waals surface area (Å²) in [6, 6.07) is 0.729. The first kappa shape index (κ1) is 13.0. The van der Waals surface area contributed by atoms with Crippen LogP contribution in [0.1, 0.15) is 66.2 Å². The standard InChI is InChI=1S/C14H29N/c1-12(13-8-6-5-7-9-13)15-11-10-14(2,3)4/h12-13,15H,5-11H2,1-4H3/t12-/m1/s1. The Balaban J connectivity index is 2.14. The number of nitrogens with one attached hydrogen (secondary N) is 1. The van der Waals surface area contributed by atoms with E-state index in [1.54, 1.807) is 0 Å². The first-order valence-electron chi connectivity index (χ1n) is 6.72. The minimum absolute atomic E-state index is 0.472. The van der Waals surface area contributed by atoms with Crippen molar-refractivity contribution in [1.29, 1.82) is 0 Å². The van der Waals surface area contributed by atoms with E-state index in [2.05, 4.69) is 33.0 Å². The maximum Gasteiger partial charge on any atom is 0.00670 e. The maximum atomic E-state index is 3.71. The van der Waals surface area contributed by atoms with E-state index >= 15 is 0 Å². The Morgan fingerprint density at radius 2 is 1.73 bits per heavy atom. The zero-order valence-corrected chi connectivity index (χ0v) is 11.1. The van der Waals surface area contributed by atoms with Gasteiger partial charge in [-0.1, -0.05) is 40.0 Å². The molecule has 1 N–H and O–H groups in total. The minimum atomic E-state index is 0.472. The van der Waals surface area contributed by atoms with E-state index in [0.717, 1.165) is 12.0 Å². The molecule has 1 atom stereocenters.